The van der Waals surface area contributed by atoms with Gasteiger partial charge in [-0.3, -0.25) is 0 Å². The highest BCUT2D eigenvalue weighted by atomic mass is 15.3. The van der Waals surface area contributed by atoms with Crippen molar-refractivity contribution in [3.05, 3.63) is 70.4 Å². The van der Waals surface area contributed by atoms with Gasteiger partial charge in [0.25, 0.3) is 0 Å². The van der Waals surface area contributed by atoms with Crippen molar-refractivity contribution in [2.75, 3.05) is 0 Å². The van der Waals surface area contributed by atoms with E-state index in [-0.39, 0.29) is 0 Å². The molecule has 0 aliphatic heterocycles. The number of benzene rings is 2. The first-order valence-corrected chi connectivity index (χ1v) is 7.65. The maximum atomic E-state index is 9.27. The maximum absolute atomic E-state index is 9.27. The number of aryl methyl sites for hydroxylation is 4. The molecule has 0 spiro atoms. The van der Waals surface area contributed by atoms with Gasteiger partial charge in [-0.2, -0.15) is 10.4 Å². The lowest BCUT2D eigenvalue weighted by molar-refractivity contribution is 0.878. The summed E-state index contributed by atoms with van der Waals surface area (Å²) in [5, 5.41) is 13.7. The molecule has 3 heteroatoms. The van der Waals surface area contributed by atoms with Gasteiger partial charge in [0.05, 0.1) is 11.4 Å². The molecule has 0 amide bonds. The van der Waals surface area contributed by atoms with Crippen molar-refractivity contribution in [1.82, 2.24) is 9.78 Å². The van der Waals surface area contributed by atoms with Gasteiger partial charge in [-0.15, -0.1) is 0 Å². The fourth-order valence-corrected chi connectivity index (χ4v) is 3.08. The van der Waals surface area contributed by atoms with Crippen LogP contribution < -0.4 is 0 Å². The zero-order valence-electron chi connectivity index (χ0n) is 13.9. The van der Waals surface area contributed by atoms with Gasteiger partial charge in [0.15, 0.2) is 5.69 Å². The third kappa shape index (κ3) is 2.76. The van der Waals surface area contributed by atoms with Crippen molar-refractivity contribution in [1.29, 1.82) is 5.26 Å². The van der Waals surface area contributed by atoms with Crippen LogP contribution in [0.15, 0.2) is 42.5 Å². The Hall–Kier alpha value is -2.86. The lowest BCUT2D eigenvalue weighted by Crippen LogP contribution is -2.01. The maximum Gasteiger partial charge on any atom is 0.163 e. The van der Waals surface area contributed by atoms with Crippen LogP contribution in [0.1, 0.15) is 27.9 Å². The third-order valence-corrected chi connectivity index (χ3v) is 4.04. The van der Waals surface area contributed by atoms with Crippen LogP contribution in [0, 0.1) is 39.0 Å². The van der Waals surface area contributed by atoms with Gasteiger partial charge in [0.1, 0.15) is 6.07 Å². The molecule has 0 saturated heterocycles. The number of nitriles is 1. The SMILES string of the molecule is Cc1ccc(-n2nc(C#N)cc2-c2c(C)cc(C)cc2C)cc1. The highest BCUT2D eigenvalue weighted by Crippen LogP contribution is 2.30. The van der Waals surface area contributed by atoms with Crippen molar-refractivity contribution < 1.29 is 0 Å². The number of rotatable bonds is 2. The molecule has 0 unspecified atom stereocenters. The summed E-state index contributed by atoms with van der Waals surface area (Å²) >= 11 is 0. The van der Waals surface area contributed by atoms with Gasteiger partial charge in [0, 0.05) is 11.6 Å². The normalized spacial score (nSPS) is 10.6. The summed E-state index contributed by atoms with van der Waals surface area (Å²) in [6.45, 7) is 8.37. The summed E-state index contributed by atoms with van der Waals surface area (Å²) in [6.07, 6.45) is 0. The van der Waals surface area contributed by atoms with E-state index in [0.717, 1.165) is 16.9 Å². The van der Waals surface area contributed by atoms with Crippen LogP contribution >= 0.6 is 0 Å². The van der Waals surface area contributed by atoms with Gasteiger partial charge in [-0.05, 0) is 51.0 Å². The van der Waals surface area contributed by atoms with E-state index in [1.165, 1.54) is 22.3 Å². The summed E-state index contributed by atoms with van der Waals surface area (Å²) in [6, 6.07) is 16.5. The smallest absolute Gasteiger partial charge is 0.163 e. The predicted molar refractivity (Wildman–Crippen MR) is 92.7 cm³/mol. The molecule has 0 fully saturated rings. The average Bonchev–Trinajstić information content (AvgIpc) is 2.91. The first-order valence-electron chi connectivity index (χ1n) is 7.65. The quantitative estimate of drug-likeness (QED) is 0.691. The third-order valence-electron chi connectivity index (χ3n) is 4.04. The topological polar surface area (TPSA) is 41.6 Å². The van der Waals surface area contributed by atoms with E-state index in [1.807, 2.05) is 22.9 Å². The fourth-order valence-electron chi connectivity index (χ4n) is 3.08. The Morgan fingerprint density at radius 1 is 0.870 bits per heavy atom. The highest BCUT2D eigenvalue weighted by molar-refractivity contribution is 5.71. The molecule has 0 N–H and O–H groups in total. The van der Waals surface area contributed by atoms with Crippen molar-refractivity contribution >= 4 is 0 Å². The Balaban J connectivity index is 2.27. The van der Waals surface area contributed by atoms with Crippen LogP contribution in [0.25, 0.3) is 16.9 Å². The molecule has 0 aliphatic rings. The molecular weight excluding hydrogens is 282 g/mol. The number of hydrogen-bond donors (Lipinski definition) is 0. The molecule has 0 aliphatic carbocycles. The second kappa shape index (κ2) is 5.73. The van der Waals surface area contributed by atoms with Crippen LogP contribution in [-0.4, -0.2) is 9.78 Å². The molecule has 3 rings (SSSR count). The molecule has 1 aromatic heterocycles. The summed E-state index contributed by atoms with van der Waals surface area (Å²) < 4.78 is 1.86. The molecule has 0 bridgehead atoms. The van der Waals surface area contributed by atoms with E-state index in [4.69, 9.17) is 0 Å². The first-order chi connectivity index (χ1) is 11.0. The Bertz CT molecular complexity index is 886. The lowest BCUT2D eigenvalue weighted by atomic mass is 9.97. The van der Waals surface area contributed by atoms with E-state index in [2.05, 4.69) is 63.1 Å². The summed E-state index contributed by atoms with van der Waals surface area (Å²) in [4.78, 5) is 0. The van der Waals surface area contributed by atoms with Gasteiger partial charge in [-0.1, -0.05) is 35.4 Å². The average molecular weight is 301 g/mol. The Morgan fingerprint density at radius 3 is 2.04 bits per heavy atom. The number of aromatic nitrogens is 2. The number of hydrogen-bond acceptors (Lipinski definition) is 2. The predicted octanol–water partition coefficient (Wildman–Crippen LogP) is 4.64. The second-order valence-corrected chi connectivity index (χ2v) is 6.05. The monoisotopic (exact) mass is 301 g/mol. The van der Waals surface area contributed by atoms with Crippen LogP contribution in [0.5, 0.6) is 0 Å². The minimum atomic E-state index is 0.431. The van der Waals surface area contributed by atoms with E-state index in [1.54, 1.807) is 0 Å². The van der Waals surface area contributed by atoms with Crippen LogP contribution in [0.3, 0.4) is 0 Å². The standard InChI is InChI=1S/C20H19N3/c1-13-5-7-18(8-6-13)23-19(11-17(12-21)22-23)20-15(3)9-14(2)10-16(20)4/h5-11H,1-4H3. The van der Waals surface area contributed by atoms with Gasteiger partial charge in [-0.25, -0.2) is 4.68 Å². The van der Waals surface area contributed by atoms with E-state index >= 15 is 0 Å². The summed E-state index contributed by atoms with van der Waals surface area (Å²) in [5.74, 6) is 0. The van der Waals surface area contributed by atoms with E-state index in [0.29, 0.717) is 5.69 Å². The highest BCUT2D eigenvalue weighted by Gasteiger charge is 2.15. The largest absolute Gasteiger partial charge is 0.232 e. The molecule has 3 aromatic rings. The molecular formula is C20H19N3. The minimum absolute atomic E-state index is 0.431. The lowest BCUT2D eigenvalue weighted by Gasteiger charge is -2.13. The molecule has 1 heterocycles. The van der Waals surface area contributed by atoms with E-state index in [9.17, 15) is 5.26 Å². The second-order valence-electron chi connectivity index (χ2n) is 6.05. The molecule has 23 heavy (non-hydrogen) atoms. The fraction of sp³-hybridized carbons (Fsp3) is 0.200. The molecule has 2 aromatic carbocycles. The molecule has 114 valence electrons. The molecule has 0 radical (unpaired) electrons. The Labute approximate surface area is 136 Å². The van der Waals surface area contributed by atoms with Crippen LogP contribution in [-0.2, 0) is 0 Å². The van der Waals surface area contributed by atoms with Crippen molar-refractivity contribution in [2.45, 2.75) is 27.7 Å². The minimum Gasteiger partial charge on any atom is -0.232 e. The summed E-state index contributed by atoms with van der Waals surface area (Å²) in [5.41, 5.74) is 8.33. The molecule has 0 saturated carbocycles. The zero-order chi connectivity index (χ0) is 16.6. The van der Waals surface area contributed by atoms with Gasteiger partial charge < -0.3 is 0 Å². The number of nitrogens with zero attached hydrogens (tertiary/aromatic N) is 3. The van der Waals surface area contributed by atoms with Crippen LogP contribution in [0.4, 0.5) is 0 Å². The van der Waals surface area contributed by atoms with Crippen molar-refractivity contribution in [3.63, 3.8) is 0 Å². The molecule has 0 atom stereocenters. The Kier molecular flexibility index (Phi) is 3.75. The Morgan fingerprint density at radius 2 is 1.48 bits per heavy atom. The van der Waals surface area contributed by atoms with Gasteiger partial charge in [0.2, 0.25) is 0 Å². The van der Waals surface area contributed by atoms with Gasteiger partial charge >= 0.3 is 0 Å². The molecule has 3 nitrogen and oxygen atoms in total. The zero-order valence-corrected chi connectivity index (χ0v) is 13.9. The first kappa shape index (κ1) is 15.1. The summed E-state index contributed by atoms with van der Waals surface area (Å²) in [7, 11) is 0. The van der Waals surface area contributed by atoms with Crippen LogP contribution in [0.2, 0.25) is 0 Å². The van der Waals surface area contributed by atoms with E-state index < -0.39 is 0 Å². The van der Waals surface area contributed by atoms with Crippen molar-refractivity contribution in [3.8, 4) is 23.0 Å². The van der Waals surface area contributed by atoms with Crippen molar-refractivity contribution in [2.24, 2.45) is 0 Å².